The van der Waals surface area contributed by atoms with Crippen molar-refractivity contribution in [2.24, 2.45) is 0 Å². The first-order valence-electron chi connectivity index (χ1n) is 20.2. The number of fused-ring (bicyclic) bond motifs is 10. The van der Waals surface area contributed by atoms with Gasteiger partial charge in [-0.3, -0.25) is 4.57 Å². The summed E-state index contributed by atoms with van der Waals surface area (Å²) >= 11 is 1.99. The third kappa shape index (κ3) is 4.83. The van der Waals surface area contributed by atoms with Crippen molar-refractivity contribution >= 4 is 79.3 Å². The standard InChI is InChI=1S/C52H37N5SSi/c1-52-41(38-24-13-16-30-46(38)58-52)27-17-31-47(52)59(36-20-7-3-8-21-36,37-22-9-4-10-23-37)51-54-34-53-50(55-51)57-43-29-15-12-26-40(43)49-45(57)33-32-44-48(49)39-25-11-14-28-42(39)56(44)35-18-5-2-6-19-35/h2-34,41H,1H3. The Morgan fingerprint density at radius 1 is 0.559 bits per heavy atom. The Bertz CT molecular complexity index is 3300. The lowest BCUT2D eigenvalue weighted by Gasteiger charge is -2.44. The molecule has 1 aliphatic carbocycles. The van der Waals surface area contributed by atoms with E-state index in [0.717, 1.165) is 27.6 Å². The van der Waals surface area contributed by atoms with Crippen molar-refractivity contribution in [1.82, 2.24) is 24.1 Å². The summed E-state index contributed by atoms with van der Waals surface area (Å²) in [4.78, 5) is 17.4. The van der Waals surface area contributed by atoms with Crippen molar-refractivity contribution in [2.75, 3.05) is 0 Å². The normalized spacial score (nSPS) is 17.4. The van der Waals surface area contributed by atoms with Crippen LogP contribution in [0.3, 0.4) is 0 Å². The van der Waals surface area contributed by atoms with E-state index in [1.807, 2.05) is 11.8 Å². The third-order valence-corrected chi connectivity index (χ3v) is 19.1. The lowest BCUT2D eigenvalue weighted by Crippen LogP contribution is -2.73. The summed E-state index contributed by atoms with van der Waals surface area (Å²) in [6, 6.07) is 63.6. The molecule has 4 heterocycles. The van der Waals surface area contributed by atoms with Crippen LogP contribution in [-0.2, 0) is 0 Å². The molecule has 2 aliphatic rings. The summed E-state index contributed by atoms with van der Waals surface area (Å²) in [5.41, 5.74) is 7.81. The Labute approximate surface area is 347 Å². The van der Waals surface area contributed by atoms with Crippen LogP contribution in [0.25, 0.3) is 55.2 Å². The fourth-order valence-corrected chi connectivity index (χ4v) is 17.2. The maximum atomic E-state index is 5.73. The molecule has 0 amide bonds. The summed E-state index contributed by atoms with van der Waals surface area (Å²) in [5, 5.41) is 8.67. The largest absolute Gasteiger partial charge is 0.309 e. The van der Waals surface area contributed by atoms with Crippen molar-refractivity contribution in [2.45, 2.75) is 22.5 Å². The van der Waals surface area contributed by atoms with E-state index in [0.29, 0.717) is 5.95 Å². The molecule has 0 fully saturated rings. The molecule has 3 aromatic heterocycles. The number of benzene rings is 7. The predicted octanol–water partition coefficient (Wildman–Crippen LogP) is 10.2. The molecule has 12 rings (SSSR count). The van der Waals surface area contributed by atoms with Gasteiger partial charge >= 0.3 is 0 Å². The molecule has 59 heavy (non-hydrogen) atoms. The minimum Gasteiger partial charge on any atom is -0.309 e. The molecule has 280 valence electrons. The fraction of sp³-hybridized carbons (Fsp3) is 0.0577. The van der Waals surface area contributed by atoms with E-state index in [1.165, 1.54) is 53.2 Å². The Kier molecular flexibility index (Phi) is 7.61. The summed E-state index contributed by atoms with van der Waals surface area (Å²) in [6.07, 6.45) is 8.82. The van der Waals surface area contributed by atoms with Crippen LogP contribution in [0.4, 0.5) is 0 Å². The molecule has 0 bridgehead atoms. The van der Waals surface area contributed by atoms with Crippen LogP contribution < -0.4 is 15.8 Å². The quantitative estimate of drug-likeness (QED) is 0.157. The zero-order valence-electron chi connectivity index (χ0n) is 32.3. The number of hydrogen-bond donors (Lipinski definition) is 0. The molecule has 1 aliphatic heterocycles. The summed E-state index contributed by atoms with van der Waals surface area (Å²) in [5.74, 6) is 0.828. The zero-order chi connectivity index (χ0) is 39.1. The highest BCUT2D eigenvalue weighted by Gasteiger charge is 2.57. The van der Waals surface area contributed by atoms with Crippen molar-refractivity contribution in [3.63, 3.8) is 0 Å². The molecule has 0 saturated heterocycles. The monoisotopic (exact) mass is 791 g/mol. The number of hydrogen-bond acceptors (Lipinski definition) is 4. The second-order valence-electron chi connectivity index (χ2n) is 15.7. The van der Waals surface area contributed by atoms with Crippen molar-refractivity contribution in [3.8, 4) is 11.6 Å². The van der Waals surface area contributed by atoms with Crippen LogP contribution in [0.1, 0.15) is 18.4 Å². The molecule has 10 aromatic rings. The number of rotatable bonds is 6. The smallest absolute Gasteiger partial charge is 0.237 e. The van der Waals surface area contributed by atoms with Gasteiger partial charge in [-0.05, 0) is 70.5 Å². The van der Waals surface area contributed by atoms with E-state index in [9.17, 15) is 0 Å². The molecule has 0 saturated carbocycles. The van der Waals surface area contributed by atoms with E-state index in [4.69, 9.17) is 15.0 Å². The average Bonchev–Trinajstić information content (AvgIpc) is 3.93. The van der Waals surface area contributed by atoms with Gasteiger partial charge in [0.1, 0.15) is 11.8 Å². The van der Waals surface area contributed by atoms with Crippen LogP contribution in [0.2, 0.25) is 0 Å². The van der Waals surface area contributed by atoms with E-state index in [-0.39, 0.29) is 10.7 Å². The Balaban J connectivity index is 1.15. The molecule has 2 unspecified atom stereocenters. The maximum Gasteiger partial charge on any atom is 0.237 e. The highest BCUT2D eigenvalue weighted by atomic mass is 32.2. The lowest BCUT2D eigenvalue weighted by molar-refractivity contribution is 0.686. The highest BCUT2D eigenvalue weighted by molar-refractivity contribution is 8.01. The second kappa shape index (κ2) is 13.1. The van der Waals surface area contributed by atoms with E-state index >= 15 is 0 Å². The topological polar surface area (TPSA) is 48.5 Å². The zero-order valence-corrected chi connectivity index (χ0v) is 34.1. The number of aromatic nitrogens is 5. The van der Waals surface area contributed by atoms with Gasteiger partial charge in [0.2, 0.25) is 14.0 Å². The summed E-state index contributed by atoms with van der Waals surface area (Å²) in [6.45, 7) is 2.44. The first-order valence-corrected chi connectivity index (χ1v) is 23.0. The van der Waals surface area contributed by atoms with E-state index < -0.39 is 8.07 Å². The first kappa shape index (κ1) is 34.3. The van der Waals surface area contributed by atoms with Gasteiger partial charge in [-0.1, -0.05) is 152 Å². The molecular weight excluding hydrogens is 755 g/mol. The van der Waals surface area contributed by atoms with Gasteiger partial charge in [0, 0.05) is 42.8 Å². The Morgan fingerprint density at radius 2 is 1.12 bits per heavy atom. The second-order valence-corrected chi connectivity index (χ2v) is 20.8. The van der Waals surface area contributed by atoms with Crippen molar-refractivity contribution < 1.29 is 0 Å². The van der Waals surface area contributed by atoms with E-state index in [1.54, 1.807) is 6.33 Å². The van der Waals surface area contributed by atoms with Crippen LogP contribution in [-0.4, -0.2) is 36.9 Å². The summed E-state index contributed by atoms with van der Waals surface area (Å²) < 4.78 is 4.38. The first-order chi connectivity index (χ1) is 29.2. The van der Waals surface area contributed by atoms with E-state index in [2.05, 4.69) is 210 Å². The van der Waals surface area contributed by atoms with Crippen LogP contribution in [0.15, 0.2) is 211 Å². The molecule has 7 heteroatoms. The number of para-hydroxylation sites is 3. The summed E-state index contributed by atoms with van der Waals surface area (Å²) in [7, 11) is -3.20. The third-order valence-electron chi connectivity index (χ3n) is 12.7. The predicted molar refractivity (Wildman–Crippen MR) is 247 cm³/mol. The molecule has 0 N–H and O–H groups in total. The Hall–Kier alpha value is -6.80. The molecule has 0 radical (unpaired) electrons. The van der Waals surface area contributed by atoms with Gasteiger partial charge in [0.15, 0.2) is 0 Å². The number of allylic oxidation sites excluding steroid dienone is 3. The molecule has 5 nitrogen and oxygen atoms in total. The SMILES string of the molecule is CC12Sc3ccccc3C1C=CC=C2[Si](c1ccccc1)(c1ccccc1)c1ncnc(-n2c3ccccc3c3c4c5ccccc5n(-c5ccccc5)c4ccc32)n1. The van der Waals surface area contributed by atoms with Gasteiger partial charge in [0.05, 0.1) is 22.1 Å². The molecule has 2 atom stereocenters. The average molecular weight is 792 g/mol. The molecule has 0 spiro atoms. The fourth-order valence-electron chi connectivity index (χ4n) is 10.3. The minimum atomic E-state index is -3.20. The minimum absolute atomic E-state index is 0.210. The van der Waals surface area contributed by atoms with Crippen molar-refractivity contribution in [3.05, 3.63) is 211 Å². The number of nitrogens with zero attached hydrogens (tertiary/aromatic N) is 5. The van der Waals surface area contributed by atoms with Crippen LogP contribution in [0, 0.1) is 0 Å². The maximum absolute atomic E-state index is 5.73. The van der Waals surface area contributed by atoms with Crippen LogP contribution in [0.5, 0.6) is 0 Å². The van der Waals surface area contributed by atoms with Gasteiger partial charge in [-0.25, -0.2) is 15.0 Å². The van der Waals surface area contributed by atoms with Crippen LogP contribution >= 0.6 is 11.8 Å². The molecule has 7 aromatic carbocycles. The molecular formula is C52H37N5SSi. The van der Waals surface area contributed by atoms with Gasteiger partial charge in [-0.2, -0.15) is 0 Å². The van der Waals surface area contributed by atoms with Gasteiger partial charge in [-0.15, -0.1) is 11.8 Å². The Morgan fingerprint density at radius 3 is 1.80 bits per heavy atom. The number of thioether (sulfide) groups is 1. The van der Waals surface area contributed by atoms with Crippen molar-refractivity contribution in [1.29, 1.82) is 0 Å². The van der Waals surface area contributed by atoms with Gasteiger partial charge in [0.25, 0.3) is 0 Å². The van der Waals surface area contributed by atoms with Gasteiger partial charge < -0.3 is 4.57 Å². The highest BCUT2D eigenvalue weighted by Crippen LogP contribution is 2.59. The lowest BCUT2D eigenvalue weighted by atomic mass is 9.83.